The SMILES string of the molecule is COc1cccc2c1C1(OC)C=CC(=O)CC1C2=O. The van der Waals surface area contributed by atoms with Gasteiger partial charge < -0.3 is 9.47 Å². The van der Waals surface area contributed by atoms with Crippen molar-refractivity contribution < 1.29 is 19.1 Å². The van der Waals surface area contributed by atoms with E-state index in [0.717, 1.165) is 5.56 Å². The molecule has 1 aromatic rings. The van der Waals surface area contributed by atoms with Crippen molar-refractivity contribution in [2.45, 2.75) is 12.0 Å². The normalized spacial score (nSPS) is 28.2. The molecule has 4 nitrogen and oxygen atoms in total. The van der Waals surface area contributed by atoms with Gasteiger partial charge in [0, 0.05) is 24.7 Å². The fourth-order valence-electron chi connectivity index (χ4n) is 3.11. The minimum atomic E-state index is -0.868. The van der Waals surface area contributed by atoms with Gasteiger partial charge in [0.15, 0.2) is 11.6 Å². The van der Waals surface area contributed by atoms with Gasteiger partial charge in [-0.05, 0) is 18.2 Å². The van der Waals surface area contributed by atoms with E-state index < -0.39 is 11.5 Å². The van der Waals surface area contributed by atoms with Crippen LogP contribution in [0.2, 0.25) is 0 Å². The number of hydrogen-bond donors (Lipinski definition) is 0. The summed E-state index contributed by atoms with van der Waals surface area (Å²) >= 11 is 0. The van der Waals surface area contributed by atoms with Crippen LogP contribution < -0.4 is 4.74 Å². The molecule has 19 heavy (non-hydrogen) atoms. The highest BCUT2D eigenvalue weighted by Crippen LogP contribution is 2.51. The van der Waals surface area contributed by atoms with Gasteiger partial charge in [-0.2, -0.15) is 0 Å². The molecule has 2 unspecified atom stereocenters. The molecule has 0 fully saturated rings. The molecule has 0 heterocycles. The largest absolute Gasteiger partial charge is 0.496 e. The number of ketones is 2. The Morgan fingerprint density at radius 3 is 2.74 bits per heavy atom. The van der Waals surface area contributed by atoms with Gasteiger partial charge in [-0.25, -0.2) is 0 Å². The Balaban J connectivity index is 2.31. The van der Waals surface area contributed by atoms with E-state index in [1.807, 2.05) is 0 Å². The van der Waals surface area contributed by atoms with E-state index in [9.17, 15) is 9.59 Å². The Morgan fingerprint density at radius 2 is 2.05 bits per heavy atom. The van der Waals surface area contributed by atoms with E-state index in [1.165, 1.54) is 6.08 Å². The smallest absolute Gasteiger partial charge is 0.170 e. The second kappa shape index (κ2) is 4.03. The average molecular weight is 258 g/mol. The number of methoxy groups -OCH3 is 2. The monoisotopic (exact) mass is 258 g/mol. The highest BCUT2D eigenvalue weighted by Gasteiger charge is 2.54. The first-order valence-electron chi connectivity index (χ1n) is 6.13. The molecule has 0 saturated carbocycles. The maximum absolute atomic E-state index is 12.5. The molecule has 2 aliphatic carbocycles. The Bertz CT molecular complexity index is 602. The summed E-state index contributed by atoms with van der Waals surface area (Å²) in [6.45, 7) is 0. The number of carbonyl (C=O) groups is 2. The third kappa shape index (κ3) is 1.43. The first kappa shape index (κ1) is 12.1. The number of ether oxygens (including phenoxy) is 2. The van der Waals surface area contributed by atoms with E-state index in [2.05, 4.69) is 0 Å². The zero-order chi connectivity index (χ0) is 13.6. The van der Waals surface area contributed by atoms with Crippen LogP contribution in [-0.4, -0.2) is 25.8 Å². The molecule has 0 bridgehead atoms. The van der Waals surface area contributed by atoms with Gasteiger partial charge in [0.2, 0.25) is 0 Å². The molecule has 1 aromatic carbocycles. The highest BCUT2D eigenvalue weighted by molar-refractivity contribution is 6.09. The predicted molar refractivity (Wildman–Crippen MR) is 68.3 cm³/mol. The van der Waals surface area contributed by atoms with E-state index in [4.69, 9.17) is 9.47 Å². The van der Waals surface area contributed by atoms with E-state index >= 15 is 0 Å². The molecular formula is C15H14O4. The molecule has 2 atom stereocenters. The van der Waals surface area contributed by atoms with Crippen LogP contribution in [0.15, 0.2) is 30.4 Å². The summed E-state index contributed by atoms with van der Waals surface area (Å²) in [5.41, 5.74) is 0.455. The van der Waals surface area contributed by atoms with Crippen LogP contribution >= 0.6 is 0 Å². The van der Waals surface area contributed by atoms with Gasteiger partial charge >= 0.3 is 0 Å². The van der Waals surface area contributed by atoms with Crippen LogP contribution in [0.4, 0.5) is 0 Å². The molecule has 0 radical (unpaired) electrons. The minimum Gasteiger partial charge on any atom is -0.496 e. The number of benzene rings is 1. The average Bonchev–Trinajstić information content (AvgIpc) is 2.69. The lowest BCUT2D eigenvalue weighted by molar-refractivity contribution is -0.118. The van der Waals surface area contributed by atoms with Crippen molar-refractivity contribution in [3.8, 4) is 5.75 Å². The zero-order valence-corrected chi connectivity index (χ0v) is 10.8. The zero-order valence-electron chi connectivity index (χ0n) is 10.8. The van der Waals surface area contributed by atoms with Crippen LogP contribution in [-0.2, 0) is 15.1 Å². The maximum Gasteiger partial charge on any atom is 0.170 e. The van der Waals surface area contributed by atoms with Crippen LogP contribution in [0, 0.1) is 5.92 Å². The number of hydrogen-bond acceptors (Lipinski definition) is 4. The van der Waals surface area contributed by atoms with E-state index in [1.54, 1.807) is 38.5 Å². The number of allylic oxidation sites excluding steroid dienone is 1. The lowest BCUT2D eigenvalue weighted by Gasteiger charge is -2.33. The Morgan fingerprint density at radius 1 is 1.26 bits per heavy atom. The van der Waals surface area contributed by atoms with Gasteiger partial charge in [-0.1, -0.05) is 12.1 Å². The molecule has 4 heteroatoms. The van der Waals surface area contributed by atoms with E-state index in [-0.39, 0.29) is 18.0 Å². The predicted octanol–water partition coefficient (Wildman–Crippen LogP) is 1.88. The summed E-state index contributed by atoms with van der Waals surface area (Å²) in [7, 11) is 3.12. The van der Waals surface area contributed by atoms with Gasteiger partial charge in [0.25, 0.3) is 0 Å². The van der Waals surface area contributed by atoms with Crippen LogP contribution in [0.1, 0.15) is 22.3 Å². The minimum absolute atomic E-state index is 0.0437. The molecule has 0 spiro atoms. The van der Waals surface area contributed by atoms with Gasteiger partial charge in [-0.3, -0.25) is 9.59 Å². The molecule has 3 rings (SSSR count). The van der Waals surface area contributed by atoms with Crippen LogP contribution in [0.5, 0.6) is 5.75 Å². The standard InChI is InChI=1S/C15H14O4/c1-18-12-5-3-4-10-13(12)15(19-2)7-6-9(16)8-11(15)14(10)17/h3-7,11H,8H2,1-2H3. The van der Waals surface area contributed by atoms with Gasteiger partial charge in [-0.15, -0.1) is 0 Å². The van der Waals surface area contributed by atoms with Gasteiger partial charge in [0.1, 0.15) is 11.4 Å². The Hall–Kier alpha value is -1.94. The molecular weight excluding hydrogens is 244 g/mol. The molecule has 0 aromatic heterocycles. The van der Waals surface area contributed by atoms with E-state index in [0.29, 0.717) is 11.3 Å². The van der Waals surface area contributed by atoms with Crippen molar-refractivity contribution in [2.24, 2.45) is 5.92 Å². The summed E-state index contributed by atoms with van der Waals surface area (Å²) in [6.07, 6.45) is 3.37. The molecule has 2 aliphatic rings. The summed E-state index contributed by atoms with van der Waals surface area (Å²) < 4.78 is 11.0. The number of Topliss-reactive ketones (excluding diaryl/α,β-unsaturated/α-hetero) is 1. The fourth-order valence-corrected chi connectivity index (χ4v) is 3.11. The third-order valence-electron chi connectivity index (χ3n) is 4.00. The third-order valence-corrected chi connectivity index (χ3v) is 4.00. The van der Waals surface area contributed by atoms with Crippen LogP contribution in [0.3, 0.4) is 0 Å². The second-order valence-electron chi connectivity index (χ2n) is 4.80. The fraction of sp³-hybridized carbons (Fsp3) is 0.333. The quantitative estimate of drug-likeness (QED) is 0.812. The second-order valence-corrected chi connectivity index (χ2v) is 4.80. The van der Waals surface area contributed by atoms with Crippen molar-refractivity contribution >= 4 is 11.6 Å². The van der Waals surface area contributed by atoms with Crippen molar-refractivity contribution in [3.63, 3.8) is 0 Å². The topological polar surface area (TPSA) is 52.6 Å². The van der Waals surface area contributed by atoms with Gasteiger partial charge in [0.05, 0.1) is 13.0 Å². The molecule has 0 N–H and O–H groups in total. The summed E-state index contributed by atoms with van der Waals surface area (Å²) in [6, 6.07) is 5.35. The van der Waals surface area contributed by atoms with Crippen molar-refractivity contribution in [1.82, 2.24) is 0 Å². The molecule has 0 aliphatic heterocycles. The van der Waals surface area contributed by atoms with Crippen LogP contribution in [0.25, 0.3) is 0 Å². The summed E-state index contributed by atoms with van der Waals surface area (Å²) in [5.74, 6) is 0.0433. The van der Waals surface area contributed by atoms with Crippen molar-refractivity contribution in [2.75, 3.05) is 14.2 Å². The molecule has 0 amide bonds. The summed E-state index contributed by atoms with van der Waals surface area (Å²) in [4.78, 5) is 24.1. The number of carbonyl (C=O) groups excluding carboxylic acids is 2. The maximum atomic E-state index is 12.5. The number of fused-ring (bicyclic) bond motifs is 3. The Kier molecular flexibility index (Phi) is 2.57. The first-order chi connectivity index (χ1) is 9.14. The van der Waals surface area contributed by atoms with Crippen molar-refractivity contribution in [1.29, 1.82) is 0 Å². The van der Waals surface area contributed by atoms with Crippen molar-refractivity contribution in [3.05, 3.63) is 41.5 Å². The number of rotatable bonds is 2. The highest BCUT2D eigenvalue weighted by atomic mass is 16.5. The summed E-state index contributed by atoms with van der Waals surface area (Å²) in [5, 5.41) is 0. The molecule has 0 saturated heterocycles. The molecule has 98 valence electrons. The first-order valence-corrected chi connectivity index (χ1v) is 6.13. The Labute approximate surface area is 111 Å². The lowest BCUT2D eigenvalue weighted by Crippen LogP contribution is -2.38. The lowest BCUT2D eigenvalue weighted by atomic mass is 9.79.